The lowest BCUT2D eigenvalue weighted by Gasteiger charge is -2.40. The summed E-state index contributed by atoms with van der Waals surface area (Å²) in [6.45, 7) is 9.37. The minimum atomic E-state index is -0.756. The Morgan fingerprint density at radius 3 is 1.44 bits per heavy atom. The number of benzene rings is 4. The first-order valence-corrected chi connectivity index (χ1v) is 21.2. The third-order valence-electron chi connectivity index (χ3n) is 11.6. The van der Waals surface area contributed by atoms with Gasteiger partial charge in [0, 0.05) is 38.0 Å². The van der Waals surface area contributed by atoms with E-state index in [1.807, 2.05) is 58.0 Å². The monoisotopic (exact) mass is 874 g/mol. The van der Waals surface area contributed by atoms with Gasteiger partial charge in [-0.05, 0) is 77.9 Å². The van der Waals surface area contributed by atoms with Gasteiger partial charge in [-0.1, -0.05) is 93.4 Å². The maximum Gasteiger partial charge on any atom is 0.276 e. The first-order chi connectivity index (χ1) is 30.7. The summed E-state index contributed by atoms with van der Waals surface area (Å²) in [5.74, 6) is -4.23. The molecule has 0 saturated carbocycles. The Hall–Kier alpha value is -7.03. The van der Waals surface area contributed by atoms with Crippen LogP contribution in [0.15, 0.2) is 119 Å². The van der Waals surface area contributed by atoms with Gasteiger partial charge in [-0.2, -0.15) is 10.2 Å². The number of hydrogen-bond donors (Lipinski definition) is 2. The van der Waals surface area contributed by atoms with Crippen molar-refractivity contribution in [2.24, 2.45) is 5.92 Å². The summed E-state index contributed by atoms with van der Waals surface area (Å²) < 4.78 is 45.3. The quantitative estimate of drug-likeness (QED) is 0.134. The fourth-order valence-corrected chi connectivity index (χ4v) is 8.76. The molecule has 0 fully saturated rings. The van der Waals surface area contributed by atoms with Crippen LogP contribution in [0.3, 0.4) is 0 Å². The van der Waals surface area contributed by atoms with Crippen LogP contribution in [0.2, 0.25) is 0 Å². The van der Waals surface area contributed by atoms with Gasteiger partial charge < -0.3 is 20.0 Å². The molecular weight excluding hydrogens is 826 g/mol. The average molecular weight is 875 g/mol. The standard InChI is InChI=1S/C25H26FN3O3.C24H23F2N3O3/c1-15(2)13-28-14-20(29-23(25(28)32)24(31)21(30)12-27-29)22(17-7-4-6-16(3)10-17)18-8-5-9-19(26)11-18;1-2-3-10-28-14-19(29-22(24(28)32)23(31)20(30)13-27-29)21(15-6-4-8-17(25)11-15)16-7-5-9-18(26)12-16/h4-12,15,20,22,31H,13-14H2,1-3H3;4-9,11-13,19,21,31H,2-3,10,14H2,1H3. The first kappa shape index (κ1) is 45.0. The molecule has 2 aliphatic rings. The molecule has 4 aromatic carbocycles. The Labute approximate surface area is 367 Å². The summed E-state index contributed by atoms with van der Waals surface area (Å²) >= 11 is 0. The van der Waals surface area contributed by atoms with Gasteiger partial charge >= 0.3 is 0 Å². The fourth-order valence-electron chi connectivity index (χ4n) is 8.76. The molecule has 0 radical (unpaired) electrons. The number of fused-ring (bicyclic) bond motifs is 2. The van der Waals surface area contributed by atoms with Crippen LogP contribution < -0.4 is 10.9 Å². The van der Waals surface area contributed by atoms with E-state index in [1.165, 1.54) is 45.8 Å². The summed E-state index contributed by atoms with van der Waals surface area (Å²) in [7, 11) is 0. The number of amides is 2. The number of aromatic nitrogens is 4. The van der Waals surface area contributed by atoms with E-state index in [0.717, 1.165) is 41.9 Å². The molecule has 4 heterocycles. The maximum atomic E-state index is 14.2. The van der Waals surface area contributed by atoms with E-state index in [2.05, 4.69) is 10.2 Å². The molecule has 0 bridgehead atoms. The highest BCUT2D eigenvalue weighted by atomic mass is 19.1. The smallest absolute Gasteiger partial charge is 0.276 e. The van der Waals surface area contributed by atoms with Crippen molar-refractivity contribution in [3.63, 3.8) is 0 Å². The number of hydrogen-bond acceptors (Lipinski definition) is 8. The number of carbonyl (C=O) groups excluding carboxylic acids is 2. The molecule has 6 aromatic rings. The molecule has 0 saturated heterocycles. The lowest BCUT2D eigenvalue weighted by molar-refractivity contribution is 0.0607. The molecule has 3 unspecified atom stereocenters. The molecule has 2 aliphatic heterocycles. The van der Waals surface area contributed by atoms with E-state index in [1.54, 1.807) is 40.1 Å². The molecule has 332 valence electrons. The van der Waals surface area contributed by atoms with Crippen molar-refractivity contribution in [2.45, 2.75) is 64.5 Å². The van der Waals surface area contributed by atoms with Crippen molar-refractivity contribution in [1.82, 2.24) is 29.4 Å². The number of carbonyl (C=O) groups is 2. The summed E-state index contributed by atoms with van der Waals surface area (Å²) in [5.41, 5.74) is 2.06. The molecule has 0 spiro atoms. The highest BCUT2D eigenvalue weighted by Crippen LogP contribution is 2.41. The molecule has 64 heavy (non-hydrogen) atoms. The lowest BCUT2D eigenvalue weighted by atomic mass is 9.83. The molecule has 0 aliphatic carbocycles. The highest BCUT2D eigenvalue weighted by molar-refractivity contribution is 5.96. The van der Waals surface area contributed by atoms with Crippen molar-refractivity contribution in [1.29, 1.82) is 0 Å². The van der Waals surface area contributed by atoms with Gasteiger partial charge in [0.1, 0.15) is 17.5 Å². The number of aryl methyl sites for hydroxylation is 1. The third-order valence-corrected chi connectivity index (χ3v) is 11.6. The normalized spacial score (nSPS) is 16.3. The molecule has 15 heteroatoms. The van der Waals surface area contributed by atoms with E-state index in [4.69, 9.17) is 0 Å². The van der Waals surface area contributed by atoms with Gasteiger partial charge in [0.25, 0.3) is 11.8 Å². The lowest BCUT2D eigenvalue weighted by Crippen LogP contribution is -2.48. The molecule has 2 aromatic heterocycles. The Balaban J connectivity index is 0.000000191. The van der Waals surface area contributed by atoms with E-state index >= 15 is 0 Å². The molecule has 2 amide bonds. The van der Waals surface area contributed by atoms with E-state index < -0.39 is 63.8 Å². The van der Waals surface area contributed by atoms with Gasteiger partial charge in [-0.25, -0.2) is 13.2 Å². The number of nitrogens with zero attached hydrogens (tertiary/aromatic N) is 6. The van der Waals surface area contributed by atoms with E-state index in [-0.39, 0.29) is 35.6 Å². The zero-order valence-electron chi connectivity index (χ0n) is 35.9. The Kier molecular flexibility index (Phi) is 13.5. The van der Waals surface area contributed by atoms with Crippen LogP contribution in [0.5, 0.6) is 11.5 Å². The molecular formula is C49H49F3N6O6. The topological polar surface area (TPSA) is 151 Å². The summed E-state index contributed by atoms with van der Waals surface area (Å²) in [5, 5.41) is 29.4. The van der Waals surface area contributed by atoms with Crippen LogP contribution in [-0.4, -0.2) is 77.6 Å². The van der Waals surface area contributed by atoms with Gasteiger partial charge in [-0.15, -0.1) is 0 Å². The second-order valence-electron chi connectivity index (χ2n) is 16.7. The van der Waals surface area contributed by atoms with E-state index in [9.17, 15) is 42.6 Å². The minimum Gasteiger partial charge on any atom is -0.502 e. The fraction of sp³-hybridized carbons (Fsp3) is 0.306. The molecule has 12 nitrogen and oxygen atoms in total. The molecule has 3 atom stereocenters. The third kappa shape index (κ3) is 9.33. The van der Waals surface area contributed by atoms with Crippen molar-refractivity contribution >= 4 is 11.8 Å². The molecule has 2 N–H and O–H groups in total. The first-order valence-electron chi connectivity index (χ1n) is 21.2. The predicted molar refractivity (Wildman–Crippen MR) is 234 cm³/mol. The van der Waals surface area contributed by atoms with Crippen molar-refractivity contribution in [3.8, 4) is 11.5 Å². The van der Waals surface area contributed by atoms with E-state index in [0.29, 0.717) is 30.8 Å². The second kappa shape index (κ2) is 19.2. The van der Waals surface area contributed by atoms with Gasteiger partial charge in [0.05, 0.1) is 24.5 Å². The Bertz CT molecular complexity index is 2720. The van der Waals surface area contributed by atoms with Crippen molar-refractivity contribution in [2.75, 3.05) is 26.2 Å². The summed E-state index contributed by atoms with van der Waals surface area (Å²) in [6, 6.07) is 25.2. The Morgan fingerprint density at radius 2 is 1.03 bits per heavy atom. The number of rotatable bonds is 11. The van der Waals surface area contributed by atoms with Gasteiger partial charge in [0.2, 0.25) is 10.9 Å². The van der Waals surface area contributed by atoms with Crippen LogP contribution in [0.1, 0.15) is 106 Å². The van der Waals surface area contributed by atoms with Crippen LogP contribution in [0.25, 0.3) is 0 Å². The second-order valence-corrected chi connectivity index (χ2v) is 16.7. The van der Waals surface area contributed by atoms with Crippen LogP contribution in [0.4, 0.5) is 13.2 Å². The van der Waals surface area contributed by atoms with Gasteiger partial charge in [0.15, 0.2) is 22.9 Å². The SMILES string of the molecule is CCCCN1CC(C(c2cccc(F)c2)c2cccc(F)c2)n2ncc(=O)c(O)c2C1=O.Cc1cccc(C(c2cccc(F)c2)C2CN(CC(C)C)C(=O)c3c(O)c(=O)cnn32)c1. The molecule has 8 rings (SSSR count). The zero-order chi connectivity index (χ0) is 45.8. The predicted octanol–water partition coefficient (Wildman–Crippen LogP) is 7.74. The van der Waals surface area contributed by atoms with Crippen LogP contribution in [-0.2, 0) is 0 Å². The van der Waals surface area contributed by atoms with Gasteiger partial charge in [-0.3, -0.25) is 28.5 Å². The van der Waals surface area contributed by atoms with Crippen molar-refractivity contribution in [3.05, 3.63) is 187 Å². The largest absolute Gasteiger partial charge is 0.502 e. The zero-order valence-corrected chi connectivity index (χ0v) is 35.9. The Morgan fingerprint density at radius 1 is 0.625 bits per heavy atom. The number of unbranched alkanes of at least 4 members (excludes halogenated alkanes) is 1. The van der Waals surface area contributed by atoms with Crippen LogP contribution >= 0.6 is 0 Å². The number of halogens is 3. The average Bonchev–Trinajstić information content (AvgIpc) is 3.25. The van der Waals surface area contributed by atoms with Crippen molar-refractivity contribution < 1.29 is 33.0 Å². The highest BCUT2D eigenvalue weighted by Gasteiger charge is 2.41. The van der Waals surface area contributed by atoms with Crippen LogP contribution in [0, 0.1) is 30.3 Å². The maximum absolute atomic E-state index is 14.2. The number of aromatic hydroxyl groups is 2. The summed E-state index contributed by atoms with van der Waals surface area (Å²) in [6.07, 6.45) is 3.55. The summed E-state index contributed by atoms with van der Waals surface area (Å²) in [4.78, 5) is 53.7. The minimum absolute atomic E-state index is 0.122.